The average molecular weight is 247 g/mol. The summed E-state index contributed by atoms with van der Waals surface area (Å²) in [5, 5.41) is 9.17. The molecule has 0 unspecified atom stereocenters. The summed E-state index contributed by atoms with van der Waals surface area (Å²) in [4.78, 5) is 6.62. The summed E-state index contributed by atoms with van der Waals surface area (Å²) in [6, 6.07) is 5.91. The number of pyridine rings is 1. The molecule has 1 aromatic rings. The molecule has 0 saturated carbocycles. The number of nitriles is 1. The van der Waals surface area contributed by atoms with Crippen molar-refractivity contribution in [3.05, 3.63) is 23.4 Å². The molecule has 0 spiro atoms. The Morgan fingerprint density at radius 1 is 1.44 bits per heavy atom. The first kappa shape index (κ1) is 14.5. The van der Waals surface area contributed by atoms with Crippen LogP contribution in [-0.2, 0) is 4.74 Å². The molecule has 0 bridgehead atoms. The second-order valence-corrected chi connectivity index (χ2v) is 4.77. The van der Waals surface area contributed by atoms with Gasteiger partial charge in [-0.25, -0.2) is 4.98 Å². The van der Waals surface area contributed by atoms with Crippen LogP contribution in [0.25, 0.3) is 0 Å². The van der Waals surface area contributed by atoms with E-state index in [2.05, 4.69) is 29.8 Å². The SMILES string of the molecule is COCCN(CC(C)C)c1nc(C)ccc1C#N. The summed E-state index contributed by atoms with van der Waals surface area (Å²) < 4.78 is 5.13. The van der Waals surface area contributed by atoms with Gasteiger partial charge < -0.3 is 9.64 Å². The fraction of sp³-hybridized carbons (Fsp3) is 0.571. The molecule has 0 aliphatic heterocycles. The lowest BCUT2D eigenvalue weighted by Crippen LogP contribution is -2.32. The van der Waals surface area contributed by atoms with Gasteiger partial charge in [-0.05, 0) is 25.0 Å². The Bertz CT molecular complexity index is 424. The van der Waals surface area contributed by atoms with Gasteiger partial charge in [-0.3, -0.25) is 0 Å². The molecule has 0 aromatic carbocycles. The van der Waals surface area contributed by atoms with Crippen molar-refractivity contribution >= 4 is 5.82 Å². The number of rotatable bonds is 6. The molecule has 0 saturated heterocycles. The summed E-state index contributed by atoms with van der Waals surface area (Å²) in [5.74, 6) is 1.28. The molecule has 1 heterocycles. The van der Waals surface area contributed by atoms with Crippen molar-refractivity contribution < 1.29 is 4.74 Å². The van der Waals surface area contributed by atoms with Crippen LogP contribution in [0, 0.1) is 24.2 Å². The fourth-order valence-corrected chi connectivity index (χ4v) is 1.80. The third kappa shape index (κ3) is 4.01. The first-order chi connectivity index (χ1) is 8.58. The van der Waals surface area contributed by atoms with Crippen LogP contribution in [0.3, 0.4) is 0 Å². The summed E-state index contributed by atoms with van der Waals surface area (Å²) in [6.45, 7) is 8.50. The van der Waals surface area contributed by atoms with Crippen LogP contribution in [-0.4, -0.2) is 31.8 Å². The molecule has 18 heavy (non-hydrogen) atoms. The minimum atomic E-state index is 0.510. The molecule has 0 atom stereocenters. The van der Waals surface area contributed by atoms with Crippen LogP contribution >= 0.6 is 0 Å². The highest BCUT2D eigenvalue weighted by Crippen LogP contribution is 2.18. The third-order valence-corrected chi connectivity index (χ3v) is 2.59. The molecule has 1 rings (SSSR count). The van der Waals surface area contributed by atoms with Crippen LogP contribution in [0.2, 0.25) is 0 Å². The monoisotopic (exact) mass is 247 g/mol. The minimum absolute atomic E-state index is 0.510. The van der Waals surface area contributed by atoms with Crippen molar-refractivity contribution in [3.63, 3.8) is 0 Å². The van der Waals surface area contributed by atoms with Crippen LogP contribution in [0.15, 0.2) is 12.1 Å². The van der Waals surface area contributed by atoms with E-state index in [0.29, 0.717) is 18.1 Å². The molecule has 0 fully saturated rings. The van der Waals surface area contributed by atoms with E-state index in [4.69, 9.17) is 10.00 Å². The van der Waals surface area contributed by atoms with Crippen LogP contribution < -0.4 is 4.90 Å². The molecule has 0 amide bonds. The summed E-state index contributed by atoms with van der Waals surface area (Å²) in [7, 11) is 1.68. The maximum atomic E-state index is 9.17. The van der Waals surface area contributed by atoms with Gasteiger partial charge >= 0.3 is 0 Å². The lowest BCUT2D eigenvalue weighted by atomic mass is 10.1. The largest absolute Gasteiger partial charge is 0.383 e. The fourth-order valence-electron chi connectivity index (χ4n) is 1.80. The minimum Gasteiger partial charge on any atom is -0.383 e. The van der Waals surface area contributed by atoms with Gasteiger partial charge in [0.25, 0.3) is 0 Å². The molecule has 0 radical (unpaired) electrons. The van der Waals surface area contributed by atoms with Crippen LogP contribution in [0.1, 0.15) is 25.1 Å². The molecule has 0 aliphatic carbocycles. The zero-order chi connectivity index (χ0) is 13.5. The van der Waals surface area contributed by atoms with Gasteiger partial charge in [0.05, 0.1) is 12.2 Å². The van der Waals surface area contributed by atoms with Crippen molar-refractivity contribution in [1.82, 2.24) is 4.98 Å². The number of ether oxygens (including phenoxy) is 1. The highest BCUT2D eigenvalue weighted by molar-refractivity contribution is 5.54. The Morgan fingerprint density at radius 2 is 2.17 bits per heavy atom. The van der Waals surface area contributed by atoms with Gasteiger partial charge in [-0.1, -0.05) is 13.8 Å². The van der Waals surface area contributed by atoms with E-state index in [0.717, 1.165) is 24.6 Å². The molecule has 98 valence electrons. The molecular weight excluding hydrogens is 226 g/mol. The number of hydrogen-bond donors (Lipinski definition) is 0. The lowest BCUT2D eigenvalue weighted by molar-refractivity contribution is 0.204. The highest BCUT2D eigenvalue weighted by Gasteiger charge is 2.14. The molecular formula is C14H21N3O. The Balaban J connectivity index is 3.02. The Morgan fingerprint density at radius 3 is 2.72 bits per heavy atom. The first-order valence-electron chi connectivity index (χ1n) is 6.20. The summed E-state index contributed by atoms with van der Waals surface area (Å²) in [6.07, 6.45) is 0. The Kier molecular flexibility index (Phi) is 5.60. The van der Waals surface area contributed by atoms with Crippen LogP contribution in [0.4, 0.5) is 5.82 Å². The van der Waals surface area contributed by atoms with Gasteiger partial charge in [0.1, 0.15) is 11.9 Å². The van der Waals surface area contributed by atoms with E-state index in [1.54, 1.807) is 7.11 Å². The van der Waals surface area contributed by atoms with Gasteiger partial charge in [-0.2, -0.15) is 5.26 Å². The second-order valence-electron chi connectivity index (χ2n) is 4.77. The quantitative estimate of drug-likeness (QED) is 0.774. The smallest absolute Gasteiger partial charge is 0.146 e. The van der Waals surface area contributed by atoms with Gasteiger partial charge in [0, 0.05) is 25.9 Å². The number of anilines is 1. The maximum absolute atomic E-state index is 9.17. The Hall–Kier alpha value is -1.60. The van der Waals surface area contributed by atoms with Crippen molar-refractivity contribution in [1.29, 1.82) is 5.26 Å². The average Bonchev–Trinajstić information content (AvgIpc) is 2.34. The van der Waals surface area contributed by atoms with E-state index >= 15 is 0 Å². The molecule has 0 aliphatic rings. The number of hydrogen-bond acceptors (Lipinski definition) is 4. The number of methoxy groups -OCH3 is 1. The maximum Gasteiger partial charge on any atom is 0.146 e. The van der Waals surface area contributed by atoms with Gasteiger partial charge in [-0.15, -0.1) is 0 Å². The molecule has 4 heteroatoms. The van der Waals surface area contributed by atoms with E-state index < -0.39 is 0 Å². The van der Waals surface area contributed by atoms with E-state index in [-0.39, 0.29) is 0 Å². The summed E-state index contributed by atoms with van der Waals surface area (Å²) in [5.41, 5.74) is 1.55. The standard InChI is InChI=1S/C14H21N3O/c1-11(2)10-17(7-8-18-4)14-13(9-15)6-5-12(3)16-14/h5-6,11H,7-8,10H2,1-4H3. The predicted octanol–water partition coefficient (Wildman–Crippen LogP) is 2.37. The third-order valence-electron chi connectivity index (χ3n) is 2.59. The van der Waals surface area contributed by atoms with Crippen LogP contribution in [0.5, 0.6) is 0 Å². The predicted molar refractivity (Wildman–Crippen MR) is 72.6 cm³/mol. The molecule has 0 N–H and O–H groups in total. The zero-order valence-corrected chi connectivity index (χ0v) is 11.6. The van der Waals surface area contributed by atoms with E-state index in [1.807, 2.05) is 19.1 Å². The first-order valence-corrected chi connectivity index (χ1v) is 6.20. The summed E-state index contributed by atoms with van der Waals surface area (Å²) >= 11 is 0. The van der Waals surface area contributed by atoms with Crippen molar-refractivity contribution in [2.45, 2.75) is 20.8 Å². The second kappa shape index (κ2) is 6.97. The number of nitrogens with zero attached hydrogens (tertiary/aromatic N) is 3. The van der Waals surface area contributed by atoms with Crippen molar-refractivity contribution in [2.24, 2.45) is 5.92 Å². The van der Waals surface area contributed by atoms with E-state index in [1.165, 1.54) is 0 Å². The highest BCUT2D eigenvalue weighted by atomic mass is 16.5. The lowest BCUT2D eigenvalue weighted by Gasteiger charge is -2.26. The van der Waals surface area contributed by atoms with Crippen molar-refractivity contribution in [2.75, 3.05) is 31.7 Å². The normalized spacial score (nSPS) is 10.4. The molecule has 1 aromatic heterocycles. The van der Waals surface area contributed by atoms with E-state index in [9.17, 15) is 0 Å². The topological polar surface area (TPSA) is 49.1 Å². The van der Waals surface area contributed by atoms with Gasteiger partial charge in [0.15, 0.2) is 0 Å². The van der Waals surface area contributed by atoms with Crippen molar-refractivity contribution in [3.8, 4) is 6.07 Å². The molecule has 4 nitrogen and oxygen atoms in total. The van der Waals surface area contributed by atoms with Gasteiger partial charge in [0.2, 0.25) is 0 Å². The number of aromatic nitrogens is 1. The Labute approximate surface area is 109 Å². The number of aryl methyl sites for hydroxylation is 1. The zero-order valence-electron chi connectivity index (χ0n) is 11.6.